The van der Waals surface area contributed by atoms with Gasteiger partial charge < -0.3 is 15.0 Å². The van der Waals surface area contributed by atoms with E-state index in [-0.39, 0.29) is 5.91 Å². The van der Waals surface area contributed by atoms with Gasteiger partial charge in [-0.3, -0.25) is 4.79 Å². The van der Waals surface area contributed by atoms with Crippen molar-refractivity contribution in [2.45, 2.75) is 50.0 Å². The smallest absolute Gasteiger partial charge is 0.254 e. The maximum absolute atomic E-state index is 12.6. The van der Waals surface area contributed by atoms with Gasteiger partial charge in [-0.1, -0.05) is 0 Å². The maximum atomic E-state index is 12.6. The summed E-state index contributed by atoms with van der Waals surface area (Å²) < 4.78 is 0. The lowest BCUT2D eigenvalue weighted by atomic mass is 9.88. The van der Waals surface area contributed by atoms with E-state index in [1.165, 1.54) is 10.9 Å². The second-order valence-corrected chi connectivity index (χ2v) is 6.95. The normalized spacial score (nSPS) is 21.9. The lowest BCUT2D eigenvalue weighted by Crippen LogP contribution is -2.49. The molecule has 2 aromatic heterocycles. The van der Waals surface area contributed by atoms with Crippen LogP contribution in [0.15, 0.2) is 24.5 Å². The number of aromatic amines is 1. The first kappa shape index (κ1) is 14.7. The van der Waals surface area contributed by atoms with E-state index < -0.39 is 5.60 Å². The summed E-state index contributed by atoms with van der Waals surface area (Å²) in [6, 6.07) is 4.07. The number of hydrogen-bond acceptors (Lipinski definition) is 3. The number of carbonyl (C=O) groups excluding carboxylic acids is 1. The van der Waals surface area contributed by atoms with Crippen molar-refractivity contribution in [3.63, 3.8) is 0 Å². The van der Waals surface area contributed by atoms with Crippen LogP contribution in [0, 0.1) is 0 Å². The minimum Gasteiger partial charge on any atom is -0.380 e. The van der Waals surface area contributed by atoms with Crippen LogP contribution in [-0.4, -0.2) is 44.6 Å². The van der Waals surface area contributed by atoms with Gasteiger partial charge in [0.2, 0.25) is 0 Å². The lowest BCUT2D eigenvalue weighted by molar-refractivity contribution is -0.151. The molecular formula is C18H23N3O2. The standard InChI is InChI=1S/C18H23N3O2/c22-17(18(23)7-1-2-8-18)21-10-5-13(6-11-21)15-12-20-16-14(15)4-3-9-19-16/h3-4,9,12-13,23H,1-2,5-8,10-11H2,(H,19,20). The molecule has 0 atom stereocenters. The predicted octanol–water partition coefficient (Wildman–Crippen LogP) is 2.57. The van der Waals surface area contributed by atoms with Crippen LogP contribution in [0.1, 0.15) is 50.0 Å². The number of fused-ring (bicyclic) bond motifs is 1. The largest absolute Gasteiger partial charge is 0.380 e. The molecule has 0 radical (unpaired) electrons. The van der Waals surface area contributed by atoms with Crippen molar-refractivity contribution in [1.29, 1.82) is 0 Å². The van der Waals surface area contributed by atoms with Gasteiger partial charge in [-0.15, -0.1) is 0 Å². The van der Waals surface area contributed by atoms with Gasteiger partial charge in [-0.25, -0.2) is 4.98 Å². The summed E-state index contributed by atoms with van der Waals surface area (Å²) in [6.07, 6.45) is 8.92. The van der Waals surface area contributed by atoms with Crippen LogP contribution in [0.2, 0.25) is 0 Å². The van der Waals surface area contributed by atoms with Gasteiger partial charge >= 0.3 is 0 Å². The average molecular weight is 313 g/mol. The number of carbonyl (C=O) groups is 1. The van der Waals surface area contributed by atoms with Crippen molar-refractivity contribution < 1.29 is 9.90 Å². The number of H-pyrrole nitrogens is 1. The van der Waals surface area contributed by atoms with Crippen LogP contribution in [0.5, 0.6) is 0 Å². The quantitative estimate of drug-likeness (QED) is 0.895. The zero-order valence-electron chi connectivity index (χ0n) is 13.3. The number of aliphatic hydroxyl groups is 1. The molecule has 1 aliphatic heterocycles. The summed E-state index contributed by atoms with van der Waals surface area (Å²) in [7, 11) is 0. The van der Waals surface area contributed by atoms with Crippen molar-refractivity contribution >= 4 is 16.9 Å². The maximum Gasteiger partial charge on any atom is 0.254 e. The Morgan fingerprint density at radius 1 is 1.30 bits per heavy atom. The number of likely N-dealkylation sites (tertiary alicyclic amines) is 1. The summed E-state index contributed by atoms with van der Waals surface area (Å²) >= 11 is 0. The molecule has 0 bridgehead atoms. The van der Waals surface area contributed by atoms with Gasteiger partial charge in [0, 0.05) is 30.9 Å². The number of pyridine rings is 1. The average Bonchev–Trinajstić information content (AvgIpc) is 3.21. The highest BCUT2D eigenvalue weighted by Gasteiger charge is 2.42. The number of rotatable bonds is 2. The molecule has 3 heterocycles. The third-order valence-electron chi connectivity index (χ3n) is 5.53. The summed E-state index contributed by atoms with van der Waals surface area (Å²) in [5.41, 5.74) is 1.15. The number of nitrogens with zero attached hydrogens (tertiary/aromatic N) is 2. The summed E-state index contributed by atoms with van der Waals surface area (Å²) in [5, 5.41) is 11.7. The van der Waals surface area contributed by atoms with E-state index >= 15 is 0 Å². The minimum atomic E-state index is -1.09. The number of piperidine rings is 1. The monoisotopic (exact) mass is 313 g/mol. The first-order valence-corrected chi connectivity index (χ1v) is 8.61. The lowest BCUT2D eigenvalue weighted by Gasteiger charge is -2.36. The fourth-order valence-corrected chi connectivity index (χ4v) is 4.18. The molecule has 5 heteroatoms. The molecule has 2 fully saturated rings. The molecule has 2 aromatic rings. The molecule has 1 aliphatic carbocycles. The summed E-state index contributed by atoms with van der Waals surface area (Å²) in [6.45, 7) is 1.47. The molecule has 122 valence electrons. The fourth-order valence-electron chi connectivity index (χ4n) is 4.18. The van der Waals surface area contributed by atoms with Crippen molar-refractivity contribution in [1.82, 2.24) is 14.9 Å². The van der Waals surface area contributed by atoms with Crippen LogP contribution in [0.4, 0.5) is 0 Å². The number of nitrogens with one attached hydrogen (secondary N) is 1. The Morgan fingerprint density at radius 3 is 2.78 bits per heavy atom. The molecule has 0 aromatic carbocycles. The molecule has 5 nitrogen and oxygen atoms in total. The van der Waals surface area contributed by atoms with Gasteiger partial charge in [0.15, 0.2) is 0 Å². The first-order chi connectivity index (χ1) is 11.2. The summed E-state index contributed by atoms with van der Waals surface area (Å²) in [4.78, 5) is 22.0. The number of amides is 1. The van der Waals surface area contributed by atoms with Crippen LogP contribution in [-0.2, 0) is 4.79 Å². The second kappa shape index (κ2) is 5.64. The highest BCUT2D eigenvalue weighted by Crippen LogP contribution is 2.35. The molecule has 2 N–H and O–H groups in total. The van der Waals surface area contributed by atoms with Crippen molar-refractivity contribution in [3.05, 3.63) is 30.1 Å². The fraction of sp³-hybridized carbons (Fsp3) is 0.556. The third kappa shape index (κ3) is 2.53. The third-order valence-corrected chi connectivity index (χ3v) is 5.53. The molecule has 1 saturated heterocycles. The minimum absolute atomic E-state index is 0.0472. The van der Waals surface area contributed by atoms with Gasteiger partial charge in [0.25, 0.3) is 5.91 Å². The zero-order chi connectivity index (χ0) is 15.9. The SMILES string of the molecule is O=C(N1CCC(c2c[nH]c3ncccc23)CC1)C1(O)CCCC1. The van der Waals surface area contributed by atoms with Crippen LogP contribution in [0.3, 0.4) is 0 Å². The Bertz CT molecular complexity index is 710. The van der Waals surface area contributed by atoms with Crippen LogP contribution >= 0.6 is 0 Å². The van der Waals surface area contributed by atoms with E-state index in [2.05, 4.69) is 22.2 Å². The van der Waals surface area contributed by atoms with Crippen molar-refractivity contribution in [2.75, 3.05) is 13.1 Å². The predicted molar refractivity (Wildman–Crippen MR) is 88.1 cm³/mol. The molecular weight excluding hydrogens is 290 g/mol. The molecule has 2 aliphatic rings. The van der Waals surface area contributed by atoms with Crippen molar-refractivity contribution in [3.8, 4) is 0 Å². The Morgan fingerprint density at radius 2 is 2.04 bits per heavy atom. The van der Waals surface area contributed by atoms with Gasteiger partial charge in [-0.05, 0) is 62.1 Å². The Hall–Kier alpha value is -1.88. The molecule has 0 spiro atoms. The van der Waals surface area contributed by atoms with E-state index in [0.717, 1.165) is 44.4 Å². The van der Waals surface area contributed by atoms with Gasteiger partial charge in [0.05, 0.1) is 0 Å². The van der Waals surface area contributed by atoms with Crippen LogP contribution in [0.25, 0.3) is 11.0 Å². The second-order valence-electron chi connectivity index (χ2n) is 6.95. The highest BCUT2D eigenvalue weighted by atomic mass is 16.3. The van der Waals surface area contributed by atoms with E-state index in [1.54, 1.807) is 6.20 Å². The first-order valence-electron chi connectivity index (χ1n) is 8.61. The van der Waals surface area contributed by atoms with E-state index in [4.69, 9.17) is 0 Å². The highest BCUT2D eigenvalue weighted by molar-refractivity contribution is 5.85. The van der Waals surface area contributed by atoms with E-state index in [9.17, 15) is 9.90 Å². The molecule has 4 rings (SSSR count). The molecule has 23 heavy (non-hydrogen) atoms. The topological polar surface area (TPSA) is 69.2 Å². The Labute approximate surface area is 135 Å². The van der Waals surface area contributed by atoms with E-state index in [1.807, 2.05) is 11.0 Å². The van der Waals surface area contributed by atoms with Gasteiger partial charge in [-0.2, -0.15) is 0 Å². The number of aromatic nitrogens is 2. The zero-order valence-corrected chi connectivity index (χ0v) is 13.3. The summed E-state index contributed by atoms with van der Waals surface area (Å²) in [5.74, 6) is 0.407. The Kier molecular flexibility index (Phi) is 3.60. The molecule has 0 unspecified atom stereocenters. The molecule has 1 saturated carbocycles. The van der Waals surface area contributed by atoms with Crippen molar-refractivity contribution in [2.24, 2.45) is 0 Å². The number of hydrogen-bond donors (Lipinski definition) is 2. The van der Waals surface area contributed by atoms with Gasteiger partial charge in [0.1, 0.15) is 11.2 Å². The molecule has 1 amide bonds. The Balaban J connectivity index is 1.46. The van der Waals surface area contributed by atoms with Crippen LogP contribution < -0.4 is 0 Å². The van der Waals surface area contributed by atoms with E-state index in [0.29, 0.717) is 18.8 Å².